The van der Waals surface area contributed by atoms with Crippen molar-refractivity contribution in [3.05, 3.63) is 53.2 Å². The summed E-state index contributed by atoms with van der Waals surface area (Å²) < 4.78 is 16.2. The van der Waals surface area contributed by atoms with Gasteiger partial charge in [0, 0.05) is 37.2 Å². The minimum Gasteiger partial charge on any atom is -0.493 e. The van der Waals surface area contributed by atoms with Gasteiger partial charge in [-0.25, -0.2) is 0 Å². The molecule has 0 radical (unpaired) electrons. The van der Waals surface area contributed by atoms with E-state index in [4.69, 9.17) is 14.2 Å². The number of benzene rings is 2. The van der Waals surface area contributed by atoms with E-state index in [0.717, 1.165) is 30.9 Å². The molecule has 3 N–H and O–H groups in total. The first-order chi connectivity index (χ1) is 15.1. The Morgan fingerprint density at radius 3 is 2.31 bits per heavy atom. The lowest BCUT2D eigenvalue weighted by molar-refractivity contribution is 0.323. The molecule has 0 amide bonds. The van der Waals surface area contributed by atoms with Crippen molar-refractivity contribution in [1.29, 1.82) is 0 Å². The zero-order valence-electron chi connectivity index (χ0n) is 19.4. The van der Waals surface area contributed by atoms with Crippen molar-refractivity contribution >= 4 is 40.8 Å². The highest BCUT2D eigenvalue weighted by atomic mass is 127. The largest absolute Gasteiger partial charge is 0.493 e. The lowest BCUT2D eigenvalue weighted by Gasteiger charge is -2.16. The summed E-state index contributed by atoms with van der Waals surface area (Å²) in [6.45, 7) is 3.53. The molecule has 0 aliphatic rings. The summed E-state index contributed by atoms with van der Waals surface area (Å²) in [6, 6.07) is 10.3. The molecular formula is C24H33IN4O3. The minimum absolute atomic E-state index is 0. The zero-order valence-corrected chi connectivity index (χ0v) is 21.7. The van der Waals surface area contributed by atoms with E-state index in [9.17, 15) is 0 Å². The number of nitrogens with one attached hydrogen (secondary N) is 3. The number of fused-ring (bicyclic) bond motifs is 1. The van der Waals surface area contributed by atoms with Crippen LogP contribution in [0.4, 0.5) is 0 Å². The molecule has 0 spiro atoms. The van der Waals surface area contributed by atoms with Crippen LogP contribution >= 0.6 is 24.0 Å². The number of aromatic amines is 1. The van der Waals surface area contributed by atoms with Crippen molar-refractivity contribution in [3.8, 4) is 17.2 Å². The van der Waals surface area contributed by atoms with Crippen molar-refractivity contribution in [1.82, 2.24) is 15.6 Å². The Hall–Kier alpha value is -2.62. The van der Waals surface area contributed by atoms with Gasteiger partial charge in [0.05, 0.1) is 21.3 Å². The molecular weight excluding hydrogens is 519 g/mol. The van der Waals surface area contributed by atoms with E-state index in [1.165, 1.54) is 22.0 Å². The van der Waals surface area contributed by atoms with Crippen LogP contribution in [0.15, 0.2) is 41.5 Å². The van der Waals surface area contributed by atoms with Gasteiger partial charge in [-0.3, -0.25) is 4.99 Å². The predicted molar refractivity (Wildman–Crippen MR) is 141 cm³/mol. The molecule has 0 saturated heterocycles. The van der Waals surface area contributed by atoms with Gasteiger partial charge in [-0.05, 0) is 41.7 Å². The number of nitrogens with zero attached hydrogens (tertiary/aromatic N) is 1. The number of hydrogen-bond acceptors (Lipinski definition) is 4. The van der Waals surface area contributed by atoms with Gasteiger partial charge in [-0.1, -0.05) is 25.1 Å². The molecule has 0 aliphatic carbocycles. The second-order valence-electron chi connectivity index (χ2n) is 7.14. The first-order valence-electron chi connectivity index (χ1n) is 10.5. The minimum atomic E-state index is 0. The Morgan fingerprint density at radius 1 is 1.00 bits per heavy atom. The molecule has 3 rings (SSSR count). The number of H-pyrrole nitrogens is 1. The smallest absolute Gasteiger partial charge is 0.203 e. The molecule has 1 aromatic heterocycles. The predicted octanol–water partition coefficient (Wildman–Crippen LogP) is 4.28. The van der Waals surface area contributed by atoms with Crippen molar-refractivity contribution in [2.24, 2.45) is 4.99 Å². The van der Waals surface area contributed by atoms with Gasteiger partial charge in [0.2, 0.25) is 5.75 Å². The Kier molecular flexibility index (Phi) is 9.96. The first-order valence-corrected chi connectivity index (χ1v) is 10.5. The van der Waals surface area contributed by atoms with Crippen LogP contribution in [0.1, 0.15) is 23.6 Å². The number of aliphatic imine (C=N–C) groups is 1. The Morgan fingerprint density at radius 2 is 1.72 bits per heavy atom. The fraction of sp³-hybridized carbons (Fsp3) is 0.375. The molecule has 3 aromatic rings. The maximum Gasteiger partial charge on any atom is 0.203 e. The van der Waals surface area contributed by atoms with Crippen molar-refractivity contribution in [3.63, 3.8) is 0 Å². The Labute approximate surface area is 207 Å². The fourth-order valence-electron chi connectivity index (χ4n) is 3.74. The molecule has 0 unspecified atom stereocenters. The number of para-hydroxylation sites is 1. The third kappa shape index (κ3) is 5.79. The summed E-state index contributed by atoms with van der Waals surface area (Å²) in [6.07, 6.45) is 4.03. The van der Waals surface area contributed by atoms with Gasteiger partial charge in [0.1, 0.15) is 0 Å². The topological polar surface area (TPSA) is 79.9 Å². The summed E-state index contributed by atoms with van der Waals surface area (Å²) in [7, 11) is 6.59. The fourth-order valence-corrected chi connectivity index (χ4v) is 3.74. The van der Waals surface area contributed by atoms with E-state index >= 15 is 0 Å². The first kappa shape index (κ1) is 25.6. The van der Waals surface area contributed by atoms with E-state index < -0.39 is 0 Å². The van der Waals surface area contributed by atoms with Crippen LogP contribution in [-0.4, -0.2) is 45.9 Å². The van der Waals surface area contributed by atoms with Gasteiger partial charge < -0.3 is 29.8 Å². The molecule has 0 saturated carbocycles. The van der Waals surface area contributed by atoms with Crippen LogP contribution in [0, 0.1) is 0 Å². The van der Waals surface area contributed by atoms with Crippen LogP contribution in [0.3, 0.4) is 0 Å². The molecule has 0 bridgehead atoms. The monoisotopic (exact) mass is 552 g/mol. The van der Waals surface area contributed by atoms with E-state index in [2.05, 4.69) is 51.9 Å². The molecule has 1 heterocycles. The number of ether oxygens (including phenoxy) is 3. The summed E-state index contributed by atoms with van der Waals surface area (Å²) in [5.41, 5.74) is 4.89. The van der Waals surface area contributed by atoms with Crippen LogP contribution in [-0.2, 0) is 19.4 Å². The molecule has 174 valence electrons. The molecule has 0 aliphatic heterocycles. The average Bonchev–Trinajstić information content (AvgIpc) is 3.23. The summed E-state index contributed by atoms with van der Waals surface area (Å²) in [5, 5.41) is 8.02. The standard InChI is InChI=1S/C24H32N4O3.HI/c1-6-17-8-7-9-19-18(15-27-22(17)19)10-11-26-24(25-2)28-14-16-12-20(29-3)23(31-5)21(13-16)30-4;/h7-9,12-13,15,27H,6,10-11,14H2,1-5H3,(H2,25,26,28);1H. The average molecular weight is 552 g/mol. The maximum atomic E-state index is 5.43. The van der Waals surface area contributed by atoms with E-state index in [0.29, 0.717) is 23.8 Å². The van der Waals surface area contributed by atoms with Crippen molar-refractivity contribution in [2.75, 3.05) is 34.9 Å². The lowest BCUT2D eigenvalue weighted by atomic mass is 10.1. The number of halogens is 1. The molecule has 8 heteroatoms. The number of rotatable bonds is 9. The molecule has 2 aromatic carbocycles. The molecule has 7 nitrogen and oxygen atoms in total. The molecule has 0 atom stereocenters. The van der Waals surface area contributed by atoms with Gasteiger partial charge in [-0.2, -0.15) is 0 Å². The highest BCUT2D eigenvalue weighted by Crippen LogP contribution is 2.38. The van der Waals surface area contributed by atoms with Crippen molar-refractivity contribution < 1.29 is 14.2 Å². The van der Waals surface area contributed by atoms with Gasteiger partial charge in [0.15, 0.2) is 17.5 Å². The third-order valence-electron chi connectivity index (χ3n) is 5.36. The number of aromatic nitrogens is 1. The molecule has 0 fully saturated rings. The summed E-state index contributed by atoms with van der Waals surface area (Å²) >= 11 is 0. The van der Waals surface area contributed by atoms with Crippen molar-refractivity contribution in [2.45, 2.75) is 26.3 Å². The summed E-state index contributed by atoms with van der Waals surface area (Å²) in [5.74, 6) is 2.59. The number of guanidine groups is 1. The summed E-state index contributed by atoms with van der Waals surface area (Å²) in [4.78, 5) is 7.76. The normalized spacial score (nSPS) is 11.1. The molecule has 32 heavy (non-hydrogen) atoms. The quantitative estimate of drug-likeness (QED) is 0.210. The highest BCUT2D eigenvalue weighted by molar-refractivity contribution is 14.0. The Balaban J connectivity index is 0.00000363. The number of hydrogen-bond donors (Lipinski definition) is 3. The van der Waals surface area contributed by atoms with E-state index in [1.807, 2.05) is 12.1 Å². The SMILES string of the molecule is CCc1cccc2c(CCNC(=NC)NCc3cc(OC)c(OC)c(OC)c3)c[nH]c12.I. The lowest BCUT2D eigenvalue weighted by Crippen LogP contribution is -2.37. The third-order valence-corrected chi connectivity index (χ3v) is 5.36. The number of methoxy groups -OCH3 is 3. The maximum absolute atomic E-state index is 5.43. The van der Waals surface area contributed by atoms with Crippen LogP contribution in [0.2, 0.25) is 0 Å². The van der Waals surface area contributed by atoms with Crippen LogP contribution in [0.5, 0.6) is 17.2 Å². The second-order valence-corrected chi connectivity index (χ2v) is 7.14. The van der Waals surface area contributed by atoms with Crippen LogP contribution < -0.4 is 24.8 Å². The Bertz CT molecular complexity index is 1020. The second kappa shape index (κ2) is 12.4. The number of aryl methyl sites for hydroxylation is 1. The van der Waals surface area contributed by atoms with Gasteiger partial charge in [0.25, 0.3) is 0 Å². The zero-order chi connectivity index (χ0) is 22.2. The van der Waals surface area contributed by atoms with E-state index in [1.54, 1.807) is 28.4 Å². The van der Waals surface area contributed by atoms with Crippen LogP contribution in [0.25, 0.3) is 10.9 Å². The van der Waals surface area contributed by atoms with Gasteiger partial charge in [-0.15, -0.1) is 24.0 Å². The highest BCUT2D eigenvalue weighted by Gasteiger charge is 2.13. The van der Waals surface area contributed by atoms with E-state index in [-0.39, 0.29) is 24.0 Å². The van der Waals surface area contributed by atoms with Gasteiger partial charge >= 0.3 is 0 Å².